The van der Waals surface area contributed by atoms with E-state index in [1.807, 2.05) is 0 Å². The monoisotopic (exact) mass is 269 g/mol. The van der Waals surface area contributed by atoms with E-state index in [0.717, 1.165) is 4.47 Å². The molecule has 15 heavy (non-hydrogen) atoms. The minimum Gasteiger partial charge on any atom is -0.481 e. The second-order valence-corrected chi connectivity index (χ2v) is 4.04. The fourth-order valence-electron chi connectivity index (χ4n) is 1.34. The van der Waals surface area contributed by atoms with Crippen LogP contribution in [0.2, 0.25) is 0 Å². The molecule has 1 N–H and O–H groups in total. The number of aromatic nitrogens is 3. The van der Waals surface area contributed by atoms with Gasteiger partial charge in [0.15, 0.2) is 5.65 Å². The van der Waals surface area contributed by atoms with E-state index in [1.54, 1.807) is 23.8 Å². The van der Waals surface area contributed by atoms with Crippen molar-refractivity contribution in [2.45, 2.75) is 13.3 Å². The molecule has 0 aromatic carbocycles. The predicted molar refractivity (Wildman–Crippen MR) is 56.8 cm³/mol. The largest absolute Gasteiger partial charge is 0.481 e. The molecule has 0 fully saturated rings. The highest BCUT2D eigenvalue weighted by Gasteiger charge is 2.09. The SMILES string of the molecule is Cc1nc2c(Br)cnn2cc1CC(=O)O. The third kappa shape index (κ3) is 1.85. The molecule has 0 radical (unpaired) electrons. The predicted octanol–water partition coefficient (Wildman–Crippen LogP) is 1.43. The molecular formula is C9H8BrN3O2. The third-order valence-corrected chi connectivity index (χ3v) is 2.64. The van der Waals surface area contributed by atoms with E-state index in [4.69, 9.17) is 5.11 Å². The van der Waals surface area contributed by atoms with Crippen molar-refractivity contribution in [3.05, 3.63) is 28.1 Å². The molecule has 0 unspecified atom stereocenters. The highest BCUT2D eigenvalue weighted by atomic mass is 79.9. The summed E-state index contributed by atoms with van der Waals surface area (Å²) in [6.07, 6.45) is 3.29. The maximum Gasteiger partial charge on any atom is 0.307 e. The summed E-state index contributed by atoms with van der Waals surface area (Å²) in [6, 6.07) is 0. The summed E-state index contributed by atoms with van der Waals surface area (Å²) in [5.74, 6) is -0.870. The topological polar surface area (TPSA) is 67.5 Å². The molecule has 2 aromatic heterocycles. The van der Waals surface area contributed by atoms with Gasteiger partial charge in [0.25, 0.3) is 0 Å². The Balaban J connectivity index is 2.57. The van der Waals surface area contributed by atoms with Gasteiger partial charge in [0.1, 0.15) is 0 Å². The van der Waals surface area contributed by atoms with E-state index >= 15 is 0 Å². The average molecular weight is 270 g/mol. The van der Waals surface area contributed by atoms with Gasteiger partial charge in [-0.25, -0.2) is 9.50 Å². The Morgan fingerprint density at radius 1 is 1.67 bits per heavy atom. The Bertz CT molecular complexity index is 535. The van der Waals surface area contributed by atoms with Gasteiger partial charge < -0.3 is 5.11 Å². The van der Waals surface area contributed by atoms with Gasteiger partial charge in [0.2, 0.25) is 0 Å². The van der Waals surface area contributed by atoms with Crippen LogP contribution in [0.1, 0.15) is 11.3 Å². The van der Waals surface area contributed by atoms with Gasteiger partial charge in [0, 0.05) is 17.5 Å². The van der Waals surface area contributed by atoms with E-state index in [0.29, 0.717) is 16.9 Å². The molecule has 0 aliphatic heterocycles. The summed E-state index contributed by atoms with van der Waals surface area (Å²) in [5, 5.41) is 12.7. The number of nitrogens with zero attached hydrogens (tertiary/aromatic N) is 3. The van der Waals surface area contributed by atoms with Crippen molar-refractivity contribution in [2.75, 3.05) is 0 Å². The molecule has 0 amide bonds. The first-order valence-electron chi connectivity index (χ1n) is 4.29. The zero-order chi connectivity index (χ0) is 11.0. The summed E-state index contributed by atoms with van der Waals surface area (Å²) in [6.45, 7) is 1.79. The lowest BCUT2D eigenvalue weighted by molar-refractivity contribution is -0.136. The third-order valence-electron chi connectivity index (χ3n) is 2.08. The number of aryl methyl sites for hydroxylation is 1. The lowest BCUT2D eigenvalue weighted by Crippen LogP contribution is -2.06. The zero-order valence-electron chi connectivity index (χ0n) is 7.94. The van der Waals surface area contributed by atoms with Crippen LogP contribution in [0.15, 0.2) is 16.9 Å². The number of hydrogen-bond donors (Lipinski definition) is 1. The van der Waals surface area contributed by atoms with Gasteiger partial charge in [-0.1, -0.05) is 0 Å². The van der Waals surface area contributed by atoms with Crippen molar-refractivity contribution in [1.82, 2.24) is 14.6 Å². The van der Waals surface area contributed by atoms with Gasteiger partial charge in [-0.2, -0.15) is 5.10 Å². The average Bonchev–Trinajstić information content (AvgIpc) is 2.48. The molecule has 2 rings (SSSR count). The number of carboxylic acid groups (broad SMARTS) is 1. The molecule has 0 saturated carbocycles. The zero-order valence-corrected chi connectivity index (χ0v) is 9.52. The van der Waals surface area contributed by atoms with E-state index in [-0.39, 0.29) is 6.42 Å². The van der Waals surface area contributed by atoms with Gasteiger partial charge in [0.05, 0.1) is 17.1 Å². The number of hydrogen-bond acceptors (Lipinski definition) is 3. The Kier molecular flexibility index (Phi) is 2.44. The number of fused-ring (bicyclic) bond motifs is 1. The van der Waals surface area contributed by atoms with Crippen LogP contribution in [0.4, 0.5) is 0 Å². The standard InChI is InChI=1S/C9H8BrN3O2/c1-5-6(2-8(14)15)4-13-9(12-5)7(10)3-11-13/h3-4H,2H2,1H3,(H,14,15). The molecule has 2 aromatic rings. The summed E-state index contributed by atoms with van der Waals surface area (Å²) in [4.78, 5) is 14.9. The van der Waals surface area contributed by atoms with E-state index < -0.39 is 5.97 Å². The molecule has 0 aliphatic carbocycles. The minimum atomic E-state index is -0.870. The Morgan fingerprint density at radius 3 is 3.07 bits per heavy atom. The van der Waals surface area contributed by atoms with Crippen LogP contribution in [0.3, 0.4) is 0 Å². The second kappa shape index (κ2) is 3.62. The molecule has 78 valence electrons. The summed E-state index contributed by atoms with van der Waals surface area (Å²) in [5.41, 5.74) is 2.08. The van der Waals surface area contributed by atoms with Gasteiger partial charge in [-0.15, -0.1) is 0 Å². The van der Waals surface area contributed by atoms with E-state index in [1.165, 1.54) is 0 Å². The van der Waals surface area contributed by atoms with Gasteiger partial charge >= 0.3 is 5.97 Å². The summed E-state index contributed by atoms with van der Waals surface area (Å²) >= 11 is 3.31. The van der Waals surface area contributed by atoms with Crippen LogP contribution >= 0.6 is 15.9 Å². The molecule has 0 aliphatic rings. The minimum absolute atomic E-state index is 0.0355. The number of carbonyl (C=O) groups is 1. The number of aliphatic carboxylic acids is 1. The Labute approximate surface area is 93.9 Å². The van der Waals surface area contributed by atoms with E-state index in [9.17, 15) is 4.79 Å². The summed E-state index contributed by atoms with van der Waals surface area (Å²) < 4.78 is 2.36. The Morgan fingerprint density at radius 2 is 2.40 bits per heavy atom. The lowest BCUT2D eigenvalue weighted by Gasteiger charge is -2.03. The van der Waals surface area contributed by atoms with Crippen molar-refractivity contribution < 1.29 is 9.90 Å². The lowest BCUT2D eigenvalue weighted by atomic mass is 10.2. The highest BCUT2D eigenvalue weighted by Crippen LogP contribution is 2.17. The fraction of sp³-hybridized carbons (Fsp3) is 0.222. The molecule has 2 heterocycles. The van der Waals surface area contributed by atoms with Crippen molar-refractivity contribution in [2.24, 2.45) is 0 Å². The number of rotatable bonds is 2. The first-order valence-corrected chi connectivity index (χ1v) is 5.08. The first kappa shape index (κ1) is 10.1. The van der Waals surface area contributed by atoms with Crippen LogP contribution in [-0.2, 0) is 11.2 Å². The van der Waals surface area contributed by atoms with Crippen molar-refractivity contribution in [1.29, 1.82) is 0 Å². The van der Waals surface area contributed by atoms with E-state index in [2.05, 4.69) is 26.0 Å². The highest BCUT2D eigenvalue weighted by molar-refractivity contribution is 9.10. The molecule has 5 nitrogen and oxygen atoms in total. The Hall–Kier alpha value is -1.43. The van der Waals surface area contributed by atoms with Crippen LogP contribution in [-0.4, -0.2) is 25.7 Å². The van der Waals surface area contributed by atoms with Crippen molar-refractivity contribution in [3.8, 4) is 0 Å². The molecule has 0 bridgehead atoms. The van der Waals surface area contributed by atoms with Crippen LogP contribution < -0.4 is 0 Å². The number of carboxylic acids is 1. The van der Waals surface area contributed by atoms with Gasteiger partial charge in [-0.05, 0) is 22.9 Å². The second-order valence-electron chi connectivity index (χ2n) is 3.18. The smallest absolute Gasteiger partial charge is 0.307 e. The molecule has 0 atom stereocenters. The maximum absolute atomic E-state index is 10.6. The fourth-order valence-corrected chi connectivity index (χ4v) is 1.70. The van der Waals surface area contributed by atoms with Crippen molar-refractivity contribution >= 4 is 27.5 Å². The molecule has 6 heteroatoms. The normalized spacial score (nSPS) is 10.8. The molecule has 0 spiro atoms. The van der Waals surface area contributed by atoms with Crippen LogP contribution in [0, 0.1) is 6.92 Å². The molecule has 0 saturated heterocycles. The van der Waals surface area contributed by atoms with Crippen LogP contribution in [0.25, 0.3) is 5.65 Å². The van der Waals surface area contributed by atoms with Gasteiger partial charge in [-0.3, -0.25) is 4.79 Å². The maximum atomic E-state index is 10.6. The number of halogens is 1. The van der Waals surface area contributed by atoms with Crippen molar-refractivity contribution in [3.63, 3.8) is 0 Å². The first-order chi connectivity index (χ1) is 7.08. The molecular weight excluding hydrogens is 262 g/mol. The quantitative estimate of drug-likeness (QED) is 0.896. The summed E-state index contributed by atoms with van der Waals surface area (Å²) in [7, 11) is 0. The van der Waals surface area contributed by atoms with Crippen LogP contribution in [0.5, 0.6) is 0 Å².